The zero-order chi connectivity index (χ0) is 13.0. The van der Waals surface area contributed by atoms with E-state index in [0.29, 0.717) is 5.69 Å². The van der Waals surface area contributed by atoms with Gasteiger partial charge in [-0.15, -0.1) is 0 Å². The topological polar surface area (TPSA) is 70.7 Å². The van der Waals surface area contributed by atoms with Gasteiger partial charge in [0.05, 0.1) is 6.20 Å². The fourth-order valence-electron chi connectivity index (χ4n) is 1.83. The molecular weight excluding hydrogens is 228 g/mol. The molecule has 0 aliphatic rings. The van der Waals surface area contributed by atoms with E-state index in [9.17, 15) is 4.79 Å². The van der Waals surface area contributed by atoms with Gasteiger partial charge in [-0.2, -0.15) is 15.4 Å². The molecule has 0 bridgehead atoms. The van der Waals surface area contributed by atoms with Gasteiger partial charge >= 0.3 is 0 Å². The first kappa shape index (κ1) is 12.3. The minimum atomic E-state index is -0.204. The van der Waals surface area contributed by atoms with Gasteiger partial charge < -0.3 is 5.32 Å². The van der Waals surface area contributed by atoms with Crippen LogP contribution in [0, 0.1) is 6.92 Å². The monoisotopic (exact) mass is 244 g/mol. The highest BCUT2D eigenvalue weighted by molar-refractivity contribution is 5.91. The molecule has 18 heavy (non-hydrogen) atoms. The standard InChI is InChI=1S/C13H16N4O/c1-9-5-3-4-6-11(9)7-10(2)15-13(18)12-8-14-17-16-12/h3-6,8,10H,7H2,1-2H3,(H,15,18)(H,14,16,17). The van der Waals surface area contributed by atoms with Crippen LogP contribution in [0.5, 0.6) is 0 Å². The van der Waals surface area contributed by atoms with E-state index in [-0.39, 0.29) is 11.9 Å². The smallest absolute Gasteiger partial charge is 0.273 e. The van der Waals surface area contributed by atoms with E-state index in [1.807, 2.05) is 19.1 Å². The molecule has 94 valence electrons. The summed E-state index contributed by atoms with van der Waals surface area (Å²) >= 11 is 0. The Morgan fingerprint density at radius 3 is 2.89 bits per heavy atom. The van der Waals surface area contributed by atoms with Crippen LogP contribution in [0.25, 0.3) is 0 Å². The van der Waals surface area contributed by atoms with Crippen molar-refractivity contribution in [3.8, 4) is 0 Å². The van der Waals surface area contributed by atoms with E-state index in [1.54, 1.807) is 0 Å². The van der Waals surface area contributed by atoms with Gasteiger partial charge in [-0.3, -0.25) is 4.79 Å². The zero-order valence-electron chi connectivity index (χ0n) is 10.5. The number of carbonyl (C=O) groups excluding carboxylic acids is 1. The van der Waals surface area contributed by atoms with Gasteiger partial charge in [0, 0.05) is 6.04 Å². The largest absolute Gasteiger partial charge is 0.348 e. The quantitative estimate of drug-likeness (QED) is 0.855. The van der Waals surface area contributed by atoms with Crippen LogP contribution in [-0.2, 0) is 6.42 Å². The van der Waals surface area contributed by atoms with Crippen LogP contribution in [0.1, 0.15) is 28.5 Å². The summed E-state index contributed by atoms with van der Waals surface area (Å²) in [7, 11) is 0. The maximum Gasteiger partial charge on any atom is 0.273 e. The molecule has 0 aliphatic carbocycles. The first-order valence-electron chi connectivity index (χ1n) is 5.88. The number of hydrogen-bond donors (Lipinski definition) is 2. The fraction of sp³-hybridized carbons (Fsp3) is 0.308. The molecule has 0 spiro atoms. The molecular formula is C13H16N4O. The third-order valence-corrected chi connectivity index (χ3v) is 2.81. The third-order valence-electron chi connectivity index (χ3n) is 2.81. The summed E-state index contributed by atoms with van der Waals surface area (Å²) in [5.41, 5.74) is 2.79. The van der Waals surface area contributed by atoms with Crippen LogP contribution >= 0.6 is 0 Å². The van der Waals surface area contributed by atoms with Gasteiger partial charge in [-0.25, -0.2) is 0 Å². The van der Waals surface area contributed by atoms with E-state index in [0.717, 1.165) is 6.42 Å². The summed E-state index contributed by atoms with van der Waals surface area (Å²) in [6, 6.07) is 8.22. The van der Waals surface area contributed by atoms with Crippen LogP contribution in [0.4, 0.5) is 0 Å². The second kappa shape index (κ2) is 5.44. The molecule has 2 aromatic rings. The second-order valence-corrected chi connectivity index (χ2v) is 4.36. The van der Waals surface area contributed by atoms with Crippen LogP contribution in [0.15, 0.2) is 30.5 Å². The minimum Gasteiger partial charge on any atom is -0.348 e. The predicted molar refractivity (Wildman–Crippen MR) is 68.2 cm³/mol. The number of aryl methyl sites for hydroxylation is 1. The predicted octanol–water partition coefficient (Wildman–Crippen LogP) is 1.47. The van der Waals surface area contributed by atoms with E-state index in [1.165, 1.54) is 17.3 Å². The zero-order valence-corrected chi connectivity index (χ0v) is 10.5. The number of carbonyl (C=O) groups is 1. The normalized spacial score (nSPS) is 12.1. The van der Waals surface area contributed by atoms with Crippen molar-refractivity contribution < 1.29 is 4.79 Å². The maximum absolute atomic E-state index is 11.8. The Morgan fingerprint density at radius 2 is 2.22 bits per heavy atom. The third kappa shape index (κ3) is 2.94. The maximum atomic E-state index is 11.8. The molecule has 0 radical (unpaired) electrons. The van der Waals surface area contributed by atoms with Crippen LogP contribution in [0.3, 0.4) is 0 Å². The van der Waals surface area contributed by atoms with Gasteiger partial charge in [0.25, 0.3) is 5.91 Å². The van der Waals surface area contributed by atoms with Crippen molar-refractivity contribution in [2.24, 2.45) is 0 Å². The molecule has 0 saturated heterocycles. The van der Waals surface area contributed by atoms with Crippen molar-refractivity contribution in [1.82, 2.24) is 20.7 Å². The van der Waals surface area contributed by atoms with Crippen molar-refractivity contribution in [2.75, 3.05) is 0 Å². The van der Waals surface area contributed by atoms with Gasteiger partial charge in [0.1, 0.15) is 0 Å². The highest BCUT2D eigenvalue weighted by Gasteiger charge is 2.12. The summed E-state index contributed by atoms with van der Waals surface area (Å²) < 4.78 is 0. The number of aromatic amines is 1. The van der Waals surface area contributed by atoms with Crippen molar-refractivity contribution in [1.29, 1.82) is 0 Å². The Balaban J connectivity index is 1.95. The van der Waals surface area contributed by atoms with E-state index in [2.05, 4.69) is 39.8 Å². The fourth-order valence-corrected chi connectivity index (χ4v) is 1.83. The van der Waals surface area contributed by atoms with Crippen LogP contribution in [-0.4, -0.2) is 27.4 Å². The molecule has 0 aliphatic heterocycles. The number of H-pyrrole nitrogens is 1. The Morgan fingerprint density at radius 1 is 1.44 bits per heavy atom. The van der Waals surface area contributed by atoms with Crippen molar-refractivity contribution >= 4 is 5.91 Å². The van der Waals surface area contributed by atoms with Crippen molar-refractivity contribution in [3.05, 3.63) is 47.3 Å². The van der Waals surface area contributed by atoms with E-state index in [4.69, 9.17) is 0 Å². The lowest BCUT2D eigenvalue weighted by Gasteiger charge is -2.14. The number of aromatic nitrogens is 3. The number of amides is 1. The molecule has 1 aromatic carbocycles. The summed E-state index contributed by atoms with van der Waals surface area (Å²) in [5.74, 6) is -0.204. The lowest BCUT2D eigenvalue weighted by atomic mass is 10.0. The molecule has 1 amide bonds. The van der Waals surface area contributed by atoms with E-state index < -0.39 is 0 Å². The molecule has 0 fully saturated rings. The average Bonchev–Trinajstić information content (AvgIpc) is 2.85. The van der Waals surface area contributed by atoms with E-state index >= 15 is 0 Å². The molecule has 1 heterocycles. The summed E-state index contributed by atoms with van der Waals surface area (Å²) in [6.07, 6.45) is 2.21. The number of nitrogens with zero attached hydrogens (tertiary/aromatic N) is 2. The lowest BCUT2D eigenvalue weighted by molar-refractivity contribution is 0.0935. The molecule has 1 atom stereocenters. The highest BCUT2D eigenvalue weighted by Crippen LogP contribution is 2.09. The summed E-state index contributed by atoms with van der Waals surface area (Å²) in [6.45, 7) is 4.05. The van der Waals surface area contributed by atoms with Crippen molar-refractivity contribution in [2.45, 2.75) is 26.3 Å². The molecule has 2 rings (SSSR count). The minimum absolute atomic E-state index is 0.0512. The molecule has 0 saturated carbocycles. The Bertz CT molecular complexity index is 522. The summed E-state index contributed by atoms with van der Waals surface area (Å²) in [5, 5.41) is 12.7. The SMILES string of the molecule is Cc1ccccc1CC(C)NC(=O)c1cn[nH]n1. The Hall–Kier alpha value is -2.17. The first-order chi connectivity index (χ1) is 8.66. The lowest BCUT2D eigenvalue weighted by Crippen LogP contribution is -2.34. The Kier molecular flexibility index (Phi) is 3.72. The molecule has 2 N–H and O–H groups in total. The number of hydrogen-bond acceptors (Lipinski definition) is 3. The Labute approximate surface area is 106 Å². The van der Waals surface area contributed by atoms with Gasteiger partial charge in [-0.05, 0) is 31.4 Å². The van der Waals surface area contributed by atoms with Crippen LogP contribution < -0.4 is 5.32 Å². The highest BCUT2D eigenvalue weighted by atomic mass is 16.2. The number of rotatable bonds is 4. The summed E-state index contributed by atoms with van der Waals surface area (Å²) in [4.78, 5) is 11.8. The number of nitrogens with one attached hydrogen (secondary N) is 2. The first-order valence-corrected chi connectivity index (χ1v) is 5.88. The van der Waals surface area contributed by atoms with Gasteiger partial charge in [0.2, 0.25) is 0 Å². The molecule has 1 unspecified atom stereocenters. The second-order valence-electron chi connectivity index (χ2n) is 4.36. The van der Waals surface area contributed by atoms with Crippen LogP contribution in [0.2, 0.25) is 0 Å². The van der Waals surface area contributed by atoms with Crippen molar-refractivity contribution in [3.63, 3.8) is 0 Å². The molecule has 5 nitrogen and oxygen atoms in total. The molecule has 1 aromatic heterocycles. The molecule has 5 heteroatoms. The average molecular weight is 244 g/mol. The van der Waals surface area contributed by atoms with Gasteiger partial charge in [-0.1, -0.05) is 24.3 Å². The number of benzene rings is 1. The van der Waals surface area contributed by atoms with Gasteiger partial charge in [0.15, 0.2) is 5.69 Å².